The van der Waals surface area contributed by atoms with Gasteiger partial charge in [-0.25, -0.2) is 4.79 Å². The molecule has 1 aromatic carbocycles. The second kappa shape index (κ2) is 7.71. The summed E-state index contributed by atoms with van der Waals surface area (Å²) in [5.74, 6) is 0.619. The van der Waals surface area contributed by atoms with Crippen molar-refractivity contribution in [2.24, 2.45) is 0 Å². The molecule has 6 nitrogen and oxygen atoms in total. The molecule has 8 heteroatoms. The van der Waals surface area contributed by atoms with Gasteiger partial charge in [0.05, 0.1) is 12.0 Å². The van der Waals surface area contributed by atoms with E-state index in [1.165, 1.54) is 18.4 Å². The Hall–Kier alpha value is -2.32. The van der Waals surface area contributed by atoms with Crippen LogP contribution in [0.5, 0.6) is 5.75 Å². The number of thioether (sulfide) groups is 1. The van der Waals surface area contributed by atoms with Crippen molar-refractivity contribution in [1.82, 2.24) is 10.2 Å². The molecular formula is C17H16N2O4S2. The molecule has 0 aliphatic rings. The third-order valence-electron chi connectivity index (χ3n) is 3.43. The van der Waals surface area contributed by atoms with Crippen LogP contribution in [0.4, 0.5) is 0 Å². The van der Waals surface area contributed by atoms with Crippen molar-refractivity contribution < 1.29 is 18.7 Å². The summed E-state index contributed by atoms with van der Waals surface area (Å²) in [7, 11) is 1.52. The largest absolute Gasteiger partial charge is 0.496 e. The first-order valence-corrected chi connectivity index (χ1v) is 9.53. The maximum absolute atomic E-state index is 12.4. The van der Waals surface area contributed by atoms with Crippen molar-refractivity contribution in [3.8, 4) is 16.5 Å². The van der Waals surface area contributed by atoms with Crippen molar-refractivity contribution in [2.75, 3.05) is 13.4 Å². The van der Waals surface area contributed by atoms with Crippen LogP contribution in [0.15, 0.2) is 45.0 Å². The van der Waals surface area contributed by atoms with Gasteiger partial charge in [0.15, 0.2) is 6.10 Å². The Morgan fingerprint density at radius 1 is 1.32 bits per heavy atom. The highest BCUT2D eigenvalue weighted by Gasteiger charge is 2.22. The third kappa shape index (κ3) is 3.85. The molecule has 0 spiro atoms. The average molecular weight is 376 g/mol. The van der Waals surface area contributed by atoms with E-state index >= 15 is 0 Å². The minimum atomic E-state index is -0.668. The van der Waals surface area contributed by atoms with Gasteiger partial charge in [0.25, 0.3) is 11.8 Å². The Labute approximate surface area is 153 Å². The highest BCUT2D eigenvalue weighted by molar-refractivity contribution is 7.98. The van der Waals surface area contributed by atoms with Gasteiger partial charge in [-0.05, 0) is 42.8 Å². The second-order valence-corrected chi connectivity index (χ2v) is 6.86. The van der Waals surface area contributed by atoms with Gasteiger partial charge in [0.1, 0.15) is 11.3 Å². The molecular weight excluding hydrogens is 360 g/mol. The molecule has 0 saturated heterocycles. The fraction of sp³-hybridized carbons (Fsp3) is 0.235. The highest BCUT2D eigenvalue weighted by atomic mass is 32.2. The Morgan fingerprint density at radius 2 is 2.16 bits per heavy atom. The van der Waals surface area contributed by atoms with E-state index in [1.807, 2.05) is 29.8 Å². The number of esters is 1. The van der Waals surface area contributed by atoms with Gasteiger partial charge in [-0.3, -0.25) is 0 Å². The molecule has 1 atom stereocenters. The molecule has 130 valence electrons. The number of aromatic nitrogens is 2. The lowest BCUT2D eigenvalue weighted by atomic mass is 10.2. The zero-order valence-corrected chi connectivity index (χ0v) is 15.5. The predicted octanol–water partition coefficient (Wildman–Crippen LogP) is 4.45. The molecule has 0 fully saturated rings. The summed E-state index contributed by atoms with van der Waals surface area (Å²) in [6.07, 6.45) is 1.29. The maximum Gasteiger partial charge on any atom is 0.342 e. The molecule has 2 heterocycles. The number of rotatable bonds is 6. The van der Waals surface area contributed by atoms with Crippen LogP contribution in [0.3, 0.4) is 0 Å². The minimum Gasteiger partial charge on any atom is -0.496 e. The number of methoxy groups -OCH3 is 1. The number of benzene rings is 1. The first-order chi connectivity index (χ1) is 12.1. The van der Waals surface area contributed by atoms with Crippen molar-refractivity contribution >= 4 is 29.1 Å². The lowest BCUT2D eigenvalue weighted by Crippen LogP contribution is -2.11. The number of ether oxygens (including phenoxy) is 2. The van der Waals surface area contributed by atoms with Gasteiger partial charge in [0, 0.05) is 4.90 Å². The molecule has 0 amide bonds. The monoisotopic (exact) mass is 376 g/mol. The molecule has 3 aromatic rings. The van der Waals surface area contributed by atoms with E-state index in [2.05, 4.69) is 10.2 Å². The van der Waals surface area contributed by atoms with Crippen molar-refractivity contribution in [2.45, 2.75) is 17.9 Å². The summed E-state index contributed by atoms with van der Waals surface area (Å²) in [5, 5.41) is 9.88. The minimum absolute atomic E-state index is 0.247. The summed E-state index contributed by atoms with van der Waals surface area (Å²) in [5.41, 5.74) is 0.352. The van der Waals surface area contributed by atoms with Gasteiger partial charge in [-0.1, -0.05) is 6.07 Å². The number of hydrogen-bond acceptors (Lipinski definition) is 8. The number of hydrogen-bond donors (Lipinski definition) is 0. The SMILES string of the molecule is COc1cc(SC)ccc1C(=O)O[C@H](C)c1nnc(-c2cccs2)o1. The Balaban J connectivity index is 1.75. The van der Waals surface area contributed by atoms with E-state index < -0.39 is 12.1 Å². The highest BCUT2D eigenvalue weighted by Crippen LogP contribution is 2.29. The third-order valence-corrected chi connectivity index (χ3v) is 5.02. The lowest BCUT2D eigenvalue weighted by molar-refractivity contribution is 0.0276. The summed E-state index contributed by atoms with van der Waals surface area (Å²) < 4.78 is 16.3. The van der Waals surface area contributed by atoms with E-state index in [1.54, 1.807) is 30.8 Å². The molecule has 0 radical (unpaired) electrons. The van der Waals surface area contributed by atoms with Crippen LogP contribution in [0, 0.1) is 0 Å². The molecule has 3 rings (SSSR count). The Kier molecular flexibility index (Phi) is 5.40. The van der Waals surface area contributed by atoms with Crippen LogP contribution < -0.4 is 4.74 Å². The van der Waals surface area contributed by atoms with Crippen molar-refractivity contribution in [3.05, 3.63) is 47.2 Å². The predicted molar refractivity (Wildman–Crippen MR) is 96.2 cm³/mol. The van der Waals surface area contributed by atoms with E-state index in [0.29, 0.717) is 17.2 Å². The molecule has 0 N–H and O–H groups in total. The van der Waals surface area contributed by atoms with Crippen molar-refractivity contribution in [3.63, 3.8) is 0 Å². The second-order valence-electron chi connectivity index (χ2n) is 5.04. The quantitative estimate of drug-likeness (QED) is 0.465. The number of carbonyl (C=O) groups excluding carboxylic acids is 1. The zero-order valence-electron chi connectivity index (χ0n) is 13.9. The smallest absolute Gasteiger partial charge is 0.342 e. The number of thiophene rings is 1. The van der Waals surface area contributed by atoms with Gasteiger partial charge < -0.3 is 13.9 Å². The first kappa shape index (κ1) is 17.5. The Morgan fingerprint density at radius 3 is 2.84 bits per heavy atom. The fourth-order valence-electron chi connectivity index (χ4n) is 2.14. The first-order valence-electron chi connectivity index (χ1n) is 7.42. The molecule has 0 bridgehead atoms. The normalized spacial score (nSPS) is 12.0. The Bertz CT molecular complexity index is 861. The van der Waals surface area contributed by atoms with Crippen LogP contribution in [0.25, 0.3) is 10.8 Å². The topological polar surface area (TPSA) is 74.5 Å². The summed E-state index contributed by atoms with van der Waals surface area (Å²) in [6.45, 7) is 1.69. The maximum atomic E-state index is 12.4. The molecule has 0 aliphatic heterocycles. The van der Waals surface area contributed by atoms with E-state index in [9.17, 15) is 4.79 Å². The average Bonchev–Trinajstić information content (AvgIpc) is 3.32. The van der Waals surface area contributed by atoms with Gasteiger partial charge in [-0.2, -0.15) is 0 Å². The molecule has 2 aromatic heterocycles. The lowest BCUT2D eigenvalue weighted by Gasteiger charge is -2.12. The molecule has 0 saturated carbocycles. The molecule has 25 heavy (non-hydrogen) atoms. The summed E-state index contributed by atoms with van der Waals surface area (Å²) in [6, 6.07) is 9.11. The standard InChI is InChI=1S/C17H16N2O4S2/c1-10(15-18-19-16(23-15)14-5-4-8-25-14)22-17(20)12-7-6-11(24-3)9-13(12)21-2/h4-10H,1-3H3/t10-/m1/s1. The van der Waals surface area contributed by atoms with E-state index in [-0.39, 0.29) is 5.89 Å². The van der Waals surface area contributed by atoms with Crippen LogP contribution in [-0.4, -0.2) is 29.5 Å². The van der Waals surface area contributed by atoms with Crippen molar-refractivity contribution in [1.29, 1.82) is 0 Å². The van der Waals surface area contributed by atoms with E-state index in [4.69, 9.17) is 13.9 Å². The molecule has 0 aliphatic carbocycles. The summed E-state index contributed by atoms with van der Waals surface area (Å²) >= 11 is 3.06. The fourth-order valence-corrected chi connectivity index (χ4v) is 3.21. The van der Waals surface area contributed by atoms with Gasteiger partial charge >= 0.3 is 5.97 Å². The van der Waals surface area contributed by atoms with Crippen LogP contribution in [-0.2, 0) is 4.74 Å². The number of nitrogens with zero attached hydrogens (tertiary/aromatic N) is 2. The van der Waals surface area contributed by atoms with Crippen LogP contribution in [0.1, 0.15) is 29.3 Å². The van der Waals surface area contributed by atoms with Crippen LogP contribution >= 0.6 is 23.1 Å². The zero-order chi connectivity index (χ0) is 17.8. The van der Waals surface area contributed by atoms with E-state index in [0.717, 1.165) is 9.77 Å². The molecule has 0 unspecified atom stereocenters. The van der Waals surface area contributed by atoms with Gasteiger partial charge in [0.2, 0.25) is 0 Å². The summed E-state index contributed by atoms with van der Waals surface area (Å²) in [4.78, 5) is 14.3. The van der Waals surface area contributed by atoms with Crippen LogP contribution in [0.2, 0.25) is 0 Å². The van der Waals surface area contributed by atoms with Gasteiger partial charge in [-0.15, -0.1) is 33.3 Å². The number of carbonyl (C=O) groups is 1.